The molecule has 2 heterocycles. The Morgan fingerprint density at radius 2 is 1.96 bits per heavy atom. The summed E-state index contributed by atoms with van der Waals surface area (Å²) in [6.45, 7) is 3.38. The monoisotopic (exact) mass is 312 g/mol. The van der Waals surface area contributed by atoms with Crippen molar-refractivity contribution < 1.29 is 9.84 Å². The van der Waals surface area contributed by atoms with Crippen LogP contribution in [0.3, 0.4) is 0 Å². The number of pyridine rings is 1. The highest BCUT2D eigenvalue weighted by Gasteiger charge is 2.16. The largest absolute Gasteiger partial charge is 0.504 e. The maximum Gasteiger partial charge on any atom is 0.166 e. The number of methoxy groups -OCH3 is 1. The van der Waals surface area contributed by atoms with E-state index in [1.54, 1.807) is 12.3 Å². The molecule has 1 aliphatic rings. The molecule has 6 heteroatoms. The highest BCUT2D eigenvalue weighted by Crippen LogP contribution is 2.28. The maximum atomic E-state index is 10.1. The Morgan fingerprint density at radius 1 is 1.13 bits per heavy atom. The van der Waals surface area contributed by atoms with Crippen LogP contribution in [0.25, 0.3) is 0 Å². The molecule has 0 saturated carbocycles. The Morgan fingerprint density at radius 3 is 2.65 bits per heavy atom. The quantitative estimate of drug-likeness (QED) is 0.875. The van der Waals surface area contributed by atoms with E-state index in [-0.39, 0.29) is 5.75 Å². The molecule has 2 aromatic rings. The Kier molecular flexibility index (Phi) is 4.61. The van der Waals surface area contributed by atoms with Crippen LogP contribution < -0.4 is 9.64 Å². The molecule has 1 aromatic heterocycles. The van der Waals surface area contributed by atoms with Crippen molar-refractivity contribution in [3.05, 3.63) is 48.2 Å². The molecule has 0 radical (unpaired) electrons. The molecular formula is C17H20N4O2. The first-order valence-corrected chi connectivity index (χ1v) is 7.59. The second kappa shape index (κ2) is 7.00. The molecule has 23 heavy (non-hydrogen) atoms. The molecule has 0 unspecified atom stereocenters. The minimum atomic E-state index is 0.117. The fourth-order valence-electron chi connectivity index (χ4n) is 2.53. The lowest BCUT2D eigenvalue weighted by molar-refractivity contribution is 0.271. The van der Waals surface area contributed by atoms with Gasteiger partial charge in [0.15, 0.2) is 11.5 Å². The fourth-order valence-corrected chi connectivity index (χ4v) is 2.53. The minimum Gasteiger partial charge on any atom is -0.504 e. The topological polar surface area (TPSA) is 61.2 Å². The SMILES string of the molecule is COc1cccc(C=NN2CCN(c3ccccn3)CC2)c1O. The number of aromatic nitrogens is 1. The average molecular weight is 312 g/mol. The van der Waals surface area contributed by atoms with Gasteiger partial charge in [-0.1, -0.05) is 12.1 Å². The molecule has 0 atom stereocenters. The van der Waals surface area contributed by atoms with E-state index in [1.807, 2.05) is 41.5 Å². The Bertz CT molecular complexity index is 668. The maximum absolute atomic E-state index is 10.1. The van der Waals surface area contributed by atoms with E-state index < -0.39 is 0 Å². The lowest BCUT2D eigenvalue weighted by Crippen LogP contribution is -2.44. The predicted octanol–water partition coefficient (Wildman–Crippen LogP) is 1.95. The summed E-state index contributed by atoms with van der Waals surface area (Å²) in [6.07, 6.45) is 3.49. The molecule has 0 aliphatic carbocycles. The van der Waals surface area contributed by atoms with Crippen molar-refractivity contribution >= 4 is 12.0 Å². The fraction of sp³-hybridized carbons (Fsp3) is 0.294. The van der Waals surface area contributed by atoms with Crippen molar-refractivity contribution in [3.8, 4) is 11.5 Å². The van der Waals surface area contributed by atoms with E-state index in [2.05, 4.69) is 15.0 Å². The van der Waals surface area contributed by atoms with Gasteiger partial charge < -0.3 is 14.7 Å². The van der Waals surface area contributed by atoms with Gasteiger partial charge >= 0.3 is 0 Å². The number of rotatable bonds is 4. The number of hydrazone groups is 1. The number of phenolic OH excluding ortho intramolecular Hbond substituents is 1. The van der Waals surface area contributed by atoms with E-state index >= 15 is 0 Å². The smallest absolute Gasteiger partial charge is 0.166 e. The Balaban J connectivity index is 1.61. The van der Waals surface area contributed by atoms with Crippen molar-refractivity contribution in [2.24, 2.45) is 5.10 Å². The number of anilines is 1. The Labute approximate surface area is 135 Å². The average Bonchev–Trinajstić information content (AvgIpc) is 2.62. The van der Waals surface area contributed by atoms with Gasteiger partial charge in [-0.3, -0.25) is 5.01 Å². The third-order valence-corrected chi connectivity index (χ3v) is 3.84. The van der Waals surface area contributed by atoms with Crippen molar-refractivity contribution in [1.82, 2.24) is 9.99 Å². The van der Waals surface area contributed by atoms with Gasteiger partial charge in [-0.05, 0) is 24.3 Å². The normalized spacial score (nSPS) is 15.2. The van der Waals surface area contributed by atoms with E-state index in [4.69, 9.17) is 4.74 Å². The molecule has 0 spiro atoms. The van der Waals surface area contributed by atoms with Crippen molar-refractivity contribution in [2.75, 3.05) is 38.2 Å². The molecule has 0 amide bonds. The summed E-state index contributed by atoms with van der Waals surface area (Å²) < 4.78 is 5.10. The number of aromatic hydroxyl groups is 1. The summed E-state index contributed by atoms with van der Waals surface area (Å²) in [5.74, 6) is 1.57. The van der Waals surface area contributed by atoms with Crippen LogP contribution in [0.1, 0.15) is 5.56 Å². The van der Waals surface area contributed by atoms with E-state index in [9.17, 15) is 5.11 Å². The van der Waals surface area contributed by atoms with Crippen molar-refractivity contribution in [2.45, 2.75) is 0 Å². The van der Waals surface area contributed by atoms with Gasteiger partial charge in [0.1, 0.15) is 5.82 Å². The standard InChI is InChI=1S/C17H20N4O2/c1-23-15-6-4-5-14(17(15)22)13-19-21-11-9-20(10-12-21)16-7-2-3-8-18-16/h2-8,13,22H,9-12H2,1H3. The van der Waals surface area contributed by atoms with Gasteiger partial charge in [-0.15, -0.1) is 0 Å². The third kappa shape index (κ3) is 3.53. The van der Waals surface area contributed by atoms with E-state index in [0.717, 1.165) is 32.0 Å². The molecule has 3 rings (SSSR count). The van der Waals surface area contributed by atoms with Gasteiger partial charge in [-0.25, -0.2) is 4.98 Å². The first-order valence-electron chi connectivity index (χ1n) is 7.59. The number of para-hydroxylation sites is 1. The number of ether oxygens (including phenoxy) is 1. The van der Waals surface area contributed by atoms with E-state index in [1.165, 1.54) is 7.11 Å². The molecule has 0 bridgehead atoms. The number of phenols is 1. The van der Waals surface area contributed by atoms with Crippen LogP contribution in [0.2, 0.25) is 0 Å². The minimum absolute atomic E-state index is 0.117. The molecule has 1 saturated heterocycles. The van der Waals surface area contributed by atoms with Crippen LogP contribution in [-0.2, 0) is 0 Å². The van der Waals surface area contributed by atoms with Gasteiger partial charge in [0, 0.05) is 24.8 Å². The van der Waals surface area contributed by atoms with Crippen LogP contribution >= 0.6 is 0 Å². The van der Waals surface area contributed by atoms with E-state index in [0.29, 0.717) is 11.3 Å². The zero-order chi connectivity index (χ0) is 16.1. The lowest BCUT2D eigenvalue weighted by atomic mass is 10.2. The molecule has 1 aliphatic heterocycles. The molecule has 1 N–H and O–H groups in total. The summed E-state index contributed by atoms with van der Waals surface area (Å²) in [5.41, 5.74) is 0.650. The zero-order valence-corrected chi connectivity index (χ0v) is 13.1. The van der Waals surface area contributed by atoms with Gasteiger partial charge in [0.05, 0.1) is 26.4 Å². The first-order chi connectivity index (χ1) is 11.3. The predicted molar refractivity (Wildman–Crippen MR) is 90.3 cm³/mol. The van der Waals surface area contributed by atoms with Crippen LogP contribution in [0, 0.1) is 0 Å². The van der Waals surface area contributed by atoms with Crippen molar-refractivity contribution in [1.29, 1.82) is 0 Å². The number of benzene rings is 1. The van der Waals surface area contributed by atoms with Crippen LogP contribution in [0.4, 0.5) is 5.82 Å². The summed E-state index contributed by atoms with van der Waals surface area (Å²) >= 11 is 0. The summed E-state index contributed by atoms with van der Waals surface area (Å²) in [6, 6.07) is 11.3. The molecule has 1 aromatic carbocycles. The number of nitrogens with zero attached hydrogens (tertiary/aromatic N) is 4. The second-order valence-corrected chi connectivity index (χ2v) is 5.27. The van der Waals surface area contributed by atoms with Crippen LogP contribution in [0.5, 0.6) is 11.5 Å². The van der Waals surface area contributed by atoms with Gasteiger partial charge in [-0.2, -0.15) is 5.10 Å². The summed E-state index contributed by atoms with van der Waals surface area (Å²) in [5, 5.41) is 16.5. The second-order valence-electron chi connectivity index (χ2n) is 5.27. The van der Waals surface area contributed by atoms with Gasteiger partial charge in [0.2, 0.25) is 0 Å². The highest BCUT2D eigenvalue weighted by atomic mass is 16.5. The number of hydrogen-bond donors (Lipinski definition) is 1. The first kappa shape index (κ1) is 15.1. The summed E-state index contributed by atoms with van der Waals surface area (Å²) in [4.78, 5) is 6.62. The van der Waals surface area contributed by atoms with Crippen LogP contribution in [0.15, 0.2) is 47.7 Å². The Hall–Kier alpha value is -2.76. The molecule has 6 nitrogen and oxygen atoms in total. The number of piperazine rings is 1. The van der Waals surface area contributed by atoms with Crippen LogP contribution in [-0.4, -0.2) is 54.6 Å². The molecule has 1 fully saturated rings. The molecular weight excluding hydrogens is 292 g/mol. The third-order valence-electron chi connectivity index (χ3n) is 3.84. The zero-order valence-electron chi connectivity index (χ0n) is 13.1. The van der Waals surface area contributed by atoms with Crippen molar-refractivity contribution in [3.63, 3.8) is 0 Å². The lowest BCUT2D eigenvalue weighted by Gasteiger charge is -2.33. The summed E-state index contributed by atoms with van der Waals surface area (Å²) in [7, 11) is 1.53. The highest BCUT2D eigenvalue weighted by molar-refractivity contribution is 5.84. The number of hydrogen-bond acceptors (Lipinski definition) is 6. The van der Waals surface area contributed by atoms with Gasteiger partial charge in [0.25, 0.3) is 0 Å². The molecule has 120 valence electrons.